The minimum atomic E-state index is -0.331. The van der Waals surface area contributed by atoms with E-state index in [0.29, 0.717) is 31.1 Å². The lowest BCUT2D eigenvalue weighted by Crippen LogP contribution is -2.37. The van der Waals surface area contributed by atoms with Gasteiger partial charge in [0.25, 0.3) is 12.2 Å². The van der Waals surface area contributed by atoms with Crippen LogP contribution in [0.5, 0.6) is 0 Å². The average Bonchev–Trinajstić information content (AvgIpc) is 2.56. The van der Waals surface area contributed by atoms with E-state index in [2.05, 4.69) is 37.3 Å². The predicted molar refractivity (Wildman–Crippen MR) is 108 cm³/mol. The third-order valence-corrected chi connectivity index (χ3v) is 4.98. The fourth-order valence-corrected chi connectivity index (χ4v) is 3.27. The Morgan fingerprint density at radius 3 is 2.37 bits per heavy atom. The van der Waals surface area contributed by atoms with Gasteiger partial charge in [0.1, 0.15) is 0 Å². The molecule has 1 aromatic carbocycles. The molecule has 152 valence electrons. The van der Waals surface area contributed by atoms with Crippen LogP contribution in [0.4, 0.5) is 5.69 Å². The van der Waals surface area contributed by atoms with Gasteiger partial charge in [-0.25, -0.2) is 0 Å². The Kier molecular flexibility index (Phi) is 10.6. The summed E-state index contributed by atoms with van der Waals surface area (Å²) in [6, 6.07) is 8.16. The molecule has 1 aromatic rings. The van der Waals surface area contributed by atoms with Gasteiger partial charge in [0.15, 0.2) is 0 Å². The minimum Gasteiger partial charge on any atom is -0.468 e. The summed E-state index contributed by atoms with van der Waals surface area (Å²) in [5.74, 6) is 0.569. The molecule has 1 saturated carbocycles. The summed E-state index contributed by atoms with van der Waals surface area (Å²) in [5.41, 5.74) is 1.34. The first-order chi connectivity index (χ1) is 12.9. The number of ether oxygens (including phenoxy) is 1. The van der Waals surface area contributed by atoms with Crippen molar-refractivity contribution in [1.29, 1.82) is 0 Å². The summed E-state index contributed by atoms with van der Waals surface area (Å²) in [6.45, 7) is 11.0. The zero-order valence-electron chi connectivity index (χ0n) is 17.1. The lowest BCUT2D eigenvalue weighted by atomic mass is 9.80. The first-order valence-electron chi connectivity index (χ1n) is 9.92. The highest BCUT2D eigenvalue weighted by Gasteiger charge is 2.20. The van der Waals surface area contributed by atoms with E-state index in [0.717, 1.165) is 24.9 Å². The summed E-state index contributed by atoms with van der Waals surface area (Å²) in [4.78, 5) is 22.5. The third-order valence-electron chi connectivity index (χ3n) is 4.98. The van der Waals surface area contributed by atoms with Crippen molar-refractivity contribution in [2.75, 3.05) is 13.2 Å². The number of hydrogen-bond donors (Lipinski definition) is 0. The van der Waals surface area contributed by atoms with Crippen LogP contribution in [0, 0.1) is 10.1 Å². The Morgan fingerprint density at radius 1 is 1.22 bits per heavy atom. The molecular weight excluding hydrogens is 344 g/mol. The van der Waals surface area contributed by atoms with E-state index in [1.54, 1.807) is 18.2 Å². The van der Waals surface area contributed by atoms with Crippen LogP contribution in [-0.4, -0.2) is 41.5 Å². The van der Waals surface area contributed by atoms with Gasteiger partial charge in [0.05, 0.1) is 11.5 Å². The molecule has 0 unspecified atom stereocenters. The molecule has 6 nitrogen and oxygen atoms in total. The van der Waals surface area contributed by atoms with E-state index < -0.39 is 0 Å². The number of carbonyl (C=O) groups excluding carboxylic acids is 1. The Morgan fingerprint density at radius 2 is 1.89 bits per heavy atom. The number of non-ortho nitro benzene ring substituents is 1. The SMILES string of the molecule is CC(C)N(CCCCOC=O)C(C)C.O=[N+]([O-])c1cccc(C2CCC2)c1. The monoisotopic (exact) mass is 378 g/mol. The minimum absolute atomic E-state index is 0.212. The number of rotatable bonds is 10. The zero-order valence-corrected chi connectivity index (χ0v) is 17.1. The van der Waals surface area contributed by atoms with Gasteiger partial charge in [-0.2, -0.15) is 0 Å². The van der Waals surface area contributed by atoms with Crippen LogP contribution in [0.25, 0.3) is 0 Å². The van der Waals surface area contributed by atoms with Crippen LogP contribution < -0.4 is 0 Å². The van der Waals surface area contributed by atoms with E-state index in [4.69, 9.17) is 0 Å². The molecule has 0 radical (unpaired) electrons. The molecule has 0 N–H and O–H groups in total. The van der Waals surface area contributed by atoms with Gasteiger partial charge in [0, 0.05) is 24.2 Å². The molecule has 27 heavy (non-hydrogen) atoms. The molecule has 0 aliphatic heterocycles. The van der Waals surface area contributed by atoms with Crippen molar-refractivity contribution >= 4 is 12.2 Å². The van der Waals surface area contributed by atoms with Crippen molar-refractivity contribution in [2.45, 2.75) is 77.8 Å². The first kappa shape index (κ1) is 23.1. The molecule has 0 bridgehead atoms. The van der Waals surface area contributed by atoms with E-state index in [1.807, 2.05) is 6.07 Å². The molecule has 2 rings (SSSR count). The van der Waals surface area contributed by atoms with Crippen molar-refractivity contribution in [3.63, 3.8) is 0 Å². The van der Waals surface area contributed by atoms with Gasteiger partial charge in [-0.15, -0.1) is 0 Å². The van der Waals surface area contributed by atoms with E-state index in [1.165, 1.54) is 19.3 Å². The highest BCUT2D eigenvalue weighted by Crippen LogP contribution is 2.37. The fraction of sp³-hybridized carbons (Fsp3) is 0.667. The second-order valence-electron chi connectivity index (χ2n) is 7.58. The Bertz CT molecular complexity index is 563. The largest absolute Gasteiger partial charge is 0.468 e. The number of nitrogens with zero attached hydrogens (tertiary/aromatic N) is 2. The normalized spacial score (nSPS) is 13.9. The lowest BCUT2D eigenvalue weighted by molar-refractivity contribution is -0.384. The zero-order chi connectivity index (χ0) is 20.2. The number of nitro groups is 1. The maximum atomic E-state index is 10.5. The summed E-state index contributed by atoms with van der Waals surface area (Å²) < 4.78 is 4.64. The van der Waals surface area contributed by atoms with Crippen LogP contribution in [0.1, 0.15) is 71.3 Å². The highest BCUT2D eigenvalue weighted by atomic mass is 16.6. The lowest BCUT2D eigenvalue weighted by Gasteiger charge is -2.30. The van der Waals surface area contributed by atoms with E-state index in [9.17, 15) is 14.9 Å². The molecule has 1 aliphatic carbocycles. The number of hydrogen-bond acceptors (Lipinski definition) is 5. The van der Waals surface area contributed by atoms with Crippen molar-refractivity contribution in [1.82, 2.24) is 4.90 Å². The van der Waals surface area contributed by atoms with Crippen molar-refractivity contribution in [3.8, 4) is 0 Å². The molecule has 0 amide bonds. The van der Waals surface area contributed by atoms with Crippen LogP contribution in [0.2, 0.25) is 0 Å². The van der Waals surface area contributed by atoms with Gasteiger partial charge in [-0.05, 0) is 71.4 Å². The second-order valence-corrected chi connectivity index (χ2v) is 7.58. The van der Waals surface area contributed by atoms with Crippen LogP contribution >= 0.6 is 0 Å². The number of unbranched alkanes of at least 4 members (excludes halogenated alkanes) is 1. The molecule has 1 aliphatic rings. The second kappa shape index (κ2) is 12.4. The molecule has 1 fully saturated rings. The fourth-order valence-electron chi connectivity index (χ4n) is 3.27. The number of benzene rings is 1. The Balaban J connectivity index is 0.000000270. The Labute approximate surface area is 163 Å². The number of carbonyl (C=O) groups is 1. The van der Waals surface area contributed by atoms with Gasteiger partial charge in [0.2, 0.25) is 0 Å². The van der Waals surface area contributed by atoms with Crippen molar-refractivity contribution in [3.05, 3.63) is 39.9 Å². The number of nitro benzene ring substituents is 1. The van der Waals surface area contributed by atoms with Crippen molar-refractivity contribution in [2.24, 2.45) is 0 Å². The van der Waals surface area contributed by atoms with Gasteiger partial charge >= 0.3 is 0 Å². The van der Waals surface area contributed by atoms with Crippen LogP contribution in [-0.2, 0) is 9.53 Å². The van der Waals surface area contributed by atoms with Crippen molar-refractivity contribution < 1.29 is 14.5 Å². The van der Waals surface area contributed by atoms with Crippen LogP contribution in [0.3, 0.4) is 0 Å². The summed E-state index contributed by atoms with van der Waals surface area (Å²) in [6.07, 6.45) is 5.66. The molecule has 0 saturated heterocycles. The topological polar surface area (TPSA) is 72.7 Å². The van der Waals surface area contributed by atoms with Crippen LogP contribution in [0.15, 0.2) is 24.3 Å². The maximum Gasteiger partial charge on any atom is 0.293 e. The average molecular weight is 379 g/mol. The van der Waals surface area contributed by atoms with Gasteiger partial charge in [-0.1, -0.05) is 18.6 Å². The van der Waals surface area contributed by atoms with E-state index >= 15 is 0 Å². The quantitative estimate of drug-likeness (QED) is 0.250. The standard InChI is InChI=1S/C11H23NO2.C10H11NO2/c1-10(2)12(11(3)4)7-5-6-8-14-9-13;12-11(13)10-6-2-5-9(7-10)8-3-1-4-8/h9-11H,5-8H2,1-4H3;2,5-8H,1,3-4H2. The molecule has 0 heterocycles. The van der Waals surface area contributed by atoms with E-state index in [-0.39, 0.29) is 10.6 Å². The predicted octanol–water partition coefficient (Wildman–Crippen LogP) is 4.92. The summed E-state index contributed by atoms with van der Waals surface area (Å²) in [7, 11) is 0. The summed E-state index contributed by atoms with van der Waals surface area (Å²) in [5, 5.41) is 10.5. The highest BCUT2D eigenvalue weighted by molar-refractivity contribution is 5.37. The Hall–Kier alpha value is -1.95. The molecule has 6 heteroatoms. The summed E-state index contributed by atoms with van der Waals surface area (Å²) >= 11 is 0. The maximum absolute atomic E-state index is 10.5. The van der Waals surface area contributed by atoms with Gasteiger partial charge < -0.3 is 4.74 Å². The first-order valence-corrected chi connectivity index (χ1v) is 9.92. The molecular formula is C21H34N2O4. The molecule has 0 spiro atoms. The smallest absolute Gasteiger partial charge is 0.293 e. The third kappa shape index (κ3) is 8.52. The molecule has 0 aromatic heterocycles. The molecule has 0 atom stereocenters. The van der Waals surface area contributed by atoms with Gasteiger partial charge in [-0.3, -0.25) is 19.8 Å².